The van der Waals surface area contributed by atoms with E-state index in [-0.39, 0.29) is 5.91 Å². The molecule has 3 aromatic heterocycles. The number of carbonyl (C=O) groups excluding carboxylic acids is 1. The summed E-state index contributed by atoms with van der Waals surface area (Å²) >= 11 is 0. The van der Waals surface area contributed by atoms with Crippen molar-refractivity contribution in [1.29, 1.82) is 0 Å². The average molecular weight is 326 g/mol. The van der Waals surface area contributed by atoms with Gasteiger partial charge in [0.05, 0.1) is 22.9 Å². The van der Waals surface area contributed by atoms with Gasteiger partial charge in [0, 0.05) is 13.6 Å². The van der Waals surface area contributed by atoms with E-state index in [0.29, 0.717) is 35.1 Å². The molecule has 0 aliphatic heterocycles. The minimum Gasteiger partial charge on any atom is -0.463 e. The van der Waals surface area contributed by atoms with Gasteiger partial charge in [0.15, 0.2) is 11.4 Å². The molecule has 0 aliphatic rings. The second-order valence-electron chi connectivity index (χ2n) is 6.38. The van der Waals surface area contributed by atoms with Gasteiger partial charge >= 0.3 is 0 Å². The molecule has 6 nitrogen and oxygen atoms in total. The number of carbonyl (C=O) groups is 1. The first-order chi connectivity index (χ1) is 11.5. The lowest BCUT2D eigenvalue weighted by atomic mass is 10.1. The molecule has 1 N–H and O–H groups in total. The van der Waals surface area contributed by atoms with E-state index in [1.54, 1.807) is 23.1 Å². The van der Waals surface area contributed by atoms with Gasteiger partial charge in [0.2, 0.25) is 0 Å². The Morgan fingerprint density at radius 2 is 2.21 bits per heavy atom. The van der Waals surface area contributed by atoms with E-state index >= 15 is 0 Å². The fourth-order valence-corrected chi connectivity index (χ4v) is 2.74. The number of amides is 1. The number of furan rings is 1. The molecule has 3 rings (SSSR count). The van der Waals surface area contributed by atoms with Crippen LogP contribution in [0.25, 0.3) is 22.5 Å². The van der Waals surface area contributed by atoms with Crippen LogP contribution in [-0.2, 0) is 7.05 Å². The molecule has 6 heteroatoms. The van der Waals surface area contributed by atoms with Crippen molar-refractivity contribution in [1.82, 2.24) is 20.1 Å². The van der Waals surface area contributed by atoms with Crippen molar-refractivity contribution in [2.75, 3.05) is 6.54 Å². The van der Waals surface area contributed by atoms with Crippen LogP contribution in [-0.4, -0.2) is 27.2 Å². The normalized spacial score (nSPS) is 11.4. The Morgan fingerprint density at radius 1 is 1.42 bits per heavy atom. The van der Waals surface area contributed by atoms with Gasteiger partial charge in [-0.05, 0) is 37.5 Å². The van der Waals surface area contributed by atoms with E-state index < -0.39 is 0 Å². The minimum absolute atomic E-state index is 0.105. The zero-order chi connectivity index (χ0) is 17.3. The molecule has 24 heavy (non-hydrogen) atoms. The van der Waals surface area contributed by atoms with Crippen molar-refractivity contribution in [3.8, 4) is 11.5 Å². The molecular weight excluding hydrogens is 304 g/mol. The molecule has 126 valence electrons. The zero-order valence-electron chi connectivity index (χ0n) is 14.5. The molecule has 3 heterocycles. The summed E-state index contributed by atoms with van der Waals surface area (Å²) in [5, 5.41) is 8.19. The first-order valence-electron chi connectivity index (χ1n) is 8.13. The third-order valence-corrected chi connectivity index (χ3v) is 3.99. The number of aromatic nitrogens is 3. The summed E-state index contributed by atoms with van der Waals surface area (Å²) in [4.78, 5) is 17.3. The summed E-state index contributed by atoms with van der Waals surface area (Å²) in [6, 6.07) is 5.41. The monoisotopic (exact) mass is 326 g/mol. The second-order valence-corrected chi connectivity index (χ2v) is 6.38. The van der Waals surface area contributed by atoms with Gasteiger partial charge in [-0.3, -0.25) is 9.48 Å². The number of nitrogens with one attached hydrogen (secondary N) is 1. The number of hydrogen-bond donors (Lipinski definition) is 1. The predicted molar refractivity (Wildman–Crippen MR) is 92.7 cm³/mol. The molecule has 0 bridgehead atoms. The Labute approximate surface area is 140 Å². The average Bonchev–Trinajstić information content (AvgIpc) is 3.15. The summed E-state index contributed by atoms with van der Waals surface area (Å²) in [6.45, 7) is 6.81. The van der Waals surface area contributed by atoms with Crippen molar-refractivity contribution in [3.05, 3.63) is 35.7 Å². The third-order valence-electron chi connectivity index (χ3n) is 3.99. The van der Waals surface area contributed by atoms with Gasteiger partial charge in [-0.15, -0.1) is 0 Å². The second kappa shape index (κ2) is 6.47. The number of hydrogen-bond acceptors (Lipinski definition) is 4. The molecule has 3 aromatic rings. The van der Waals surface area contributed by atoms with E-state index in [1.165, 1.54) is 0 Å². The molecular formula is C18H22N4O2. The lowest BCUT2D eigenvalue weighted by Gasteiger charge is -2.09. The van der Waals surface area contributed by atoms with E-state index in [0.717, 1.165) is 17.5 Å². The number of nitrogens with zero attached hydrogens (tertiary/aromatic N) is 3. The maximum Gasteiger partial charge on any atom is 0.252 e. The molecule has 1 amide bonds. The van der Waals surface area contributed by atoms with Crippen LogP contribution < -0.4 is 5.32 Å². The van der Waals surface area contributed by atoms with E-state index in [9.17, 15) is 4.79 Å². The highest BCUT2D eigenvalue weighted by atomic mass is 16.3. The number of rotatable bonds is 5. The number of fused-ring (bicyclic) bond motifs is 1. The summed E-state index contributed by atoms with van der Waals surface area (Å²) in [5.74, 6) is 1.07. The van der Waals surface area contributed by atoms with Crippen molar-refractivity contribution in [3.63, 3.8) is 0 Å². The van der Waals surface area contributed by atoms with Crippen LogP contribution >= 0.6 is 0 Å². The minimum atomic E-state index is -0.105. The molecule has 0 spiro atoms. The Hall–Kier alpha value is -2.63. The summed E-state index contributed by atoms with van der Waals surface area (Å²) in [7, 11) is 1.83. The molecule has 0 radical (unpaired) electrons. The number of aryl methyl sites for hydroxylation is 2. The molecule has 0 aliphatic carbocycles. The maximum absolute atomic E-state index is 12.7. The third kappa shape index (κ3) is 3.04. The van der Waals surface area contributed by atoms with Crippen molar-refractivity contribution >= 4 is 16.9 Å². The molecule has 0 unspecified atom stereocenters. The fraction of sp³-hybridized carbons (Fsp3) is 0.389. The standard InChI is InChI=1S/C18H22N4O2/c1-11(2)7-8-19-18(23)13-10-14(15-6-5-9-24-15)20-17-16(13)12(3)21-22(17)4/h5-6,9-11H,7-8H2,1-4H3,(H,19,23). The smallest absolute Gasteiger partial charge is 0.252 e. The lowest BCUT2D eigenvalue weighted by molar-refractivity contribution is 0.0953. The van der Waals surface area contributed by atoms with E-state index in [4.69, 9.17) is 4.42 Å². The van der Waals surface area contributed by atoms with Gasteiger partial charge in [0.25, 0.3) is 5.91 Å². The predicted octanol–water partition coefficient (Wildman–Crippen LogP) is 3.31. The first kappa shape index (κ1) is 16.2. The Kier molecular flexibility index (Phi) is 4.38. The quantitative estimate of drug-likeness (QED) is 0.780. The Balaban J connectivity index is 2.05. The van der Waals surface area contributed by atoms with Gasteiger partial charge < -0.3 is 9.73 Å². The molecule has 0 fully saturated rings. The molecule has 0 atom stereocenters. The van der Waals surface area contributed by atoms with Crippen LogP contribution in [0, 0.1) is 12.8 Å². The van der Waals surface area contributed by atoms with Crippen LogP contribution in [0.3, 0.4) is 0 Å². The Morgan fingerprint density at radius 3 is 2.88 bits per heavy atom. The van der Waals surface area contributed by atoms with Crippen LogP contribution in [0.5, 0.6) is 0 Å². The SMILES string of the molecule is Cc1nn(C)c2nc(-c3ccco3)cc(C(=O)NCCC(C)C)c12. The van der Waals surface area contributed by atoms with E-state index in [1.807, 2.05) is 20.0 Å². The number of pyridine rings is 1. The van der Waals surface area contributed by atoms with Gasteiger partial charge in [-0.1, -0.05) is 13.8 Å². The van der Waals surface area contributed by atoms with Gasteiger partial charge in [-0.25, -0.2) is 4.98 Å². The van der Waals surface area contributed by atoms with Crippen LogP contribution in [0.1, 0.15) is 36.3 Å². The molecule has 0 saturated heterocycles. The van der Waals surface area contributed by atoms with Crippen molar-refractivity contribution in [2.45, 2.75) is 27.2 Å². The van der Waals surface area contributed by atoms with Gasteiger partial charge in [0.1, 0.15) is 5.69 Å². The lowest BCUT2D eigenvalue weighted by Crippen LogP contribution is -2.25. The first-order valence-corrected chi connectivity index (χ1v) is 8.13. The van der Waals surface area contributed by atoms with Crippen LogP contribution in [0.15, 0.2) is 28.9 Å². The largest absolute Gasteiger partial charge is 0.463 e. The van der Waals surface area contributed by atoms with Crippen molar-refractivity contribution < 1.29 is 9.21 Å². The van der Waals surface area contributed by atoms with Gasteiger partial charge in [-0.2, -0.15) is 5.10 Å². The highest BCUT2D eigenvalue weighted by Crippen LogP contribution is 2.27. The van der Waals surface area contributed by atoms with Crippen LogP contribution in [0.2, 0.25) is 0 Å². The zero-order valence-corrected chi connectivity index (χ0v) is 14.5. The Bertz CT molecular complexity index is 863. The summed E-state index contributed by atoms with van der Waals surface area (Å²) in [6.07, 6.45) is 2.54. The summed E-state index contributed by atoms with van der Waals surface area (Å²) < 4.78 is 7.14. The summed E-state index contributed by atoms with van der Waals surface area (Å²) in [5.41, 5.74) is 2.68. The molecule has 0 saturated carbocycles. The maximum atomic E-state index is 12.7. The topological polar surface area (TPSA) is 73.0 Å². The highest BCUT2D eigenvalue weighted by Gasteiger charge is 2.19. The highest BCUT2D eigenvalue weighted by molar-refractivity contribution is 6.07. The fourth-order valence-electron chi connectivity index (χ4n) is 2.74. The van der Waals surface area contributed by atoms with E-state index in [2.05, 4.69) is 29.2 Å². The van der Waals surface area contributed by atoms with Crippen LogP contribution in [0.4, 0.5) is 0 Å². The van der Waals surface area contributed by atoms with Crippen molar-refractivity contribution in [2.24, 2.45) is 13.0 Å². The molecule has 0 aromatic carbocycles.